The van der Waals surface area contributed by atoms with Crippen LogP contribution < -0.4 is 9.88 Å². The number of nitrogens with two attached hydrogens (primary N) is 1. The molecule has 2 aromatic carbocycles. The number of halogens is 2. The Kier molecular flexibility index (Phi) is 8.29. The van der Waals surface area contributed by atoms with E-state index in [0.29, 0.717) is 19.6 Å². The second kappa shape index (κ2) is 10.8. The first kappa shape index (κ1) is 26.1. The van der Waals surface area contributed by atoms with Crippen LogP contribution in [0.1, 0.15) is 25.0 Å². The van der Waals surface area contributed by atoms with Gasteiger partial charge in [-0.1, -0.05) is 23.7 Å². The minimum atomic E-state index is -4.36. The number of sulfonamides is 1. The number of primary sulfonamides is 1. The number of ether oxygens (including phenoxy) is 1. The Morgan fingerprint density at radius 1 is 1.12 bits per heavy atom. The fourth-order valence-corrected chi connectivity index (χ4v) is 4.45. The average molecular weight is 512 g/mol. The molecule has 0 bridgehead atoms. The van der Waals surface area contributed by atoms with Crippen molar-refractivity contribution in [2.75, 3.05) is 19.7 Å². The van der Waals surface area contributed by atoms with Crippen molar-refractivity contribution in [2.45, 2.75) is 38.9 Å². The zero-order valence-corrected chi connectivity index (χ0v) is 20.5. The summed E-state index contributed by atoms with van der Waals surface area (Å²) in [6.45, 7) is 5.46. The molecule has 1 heterocycles. The molecule has 11 heteroatoms. The predicted molar refractivity (Wildman–Crippen MR) is 126 cm³/mol. The molecule has 8 nitrogen and oxygen atoms in total. The monoisotopic (exact) mass is 511 g/mol. The Hall–Kier alpha value is -2.53. The summed E-state index contributed by atoms with van der Waals surface area (Å²) in [7, 11) is -4.36. The van der Waals surface area contributed by atoms with Gasteiger partial charge in [-0.25, -0.2) is 17.9 Å². The van der Waals surface area contributed by atoms with E-state index < -0.39 is 21.6 Å². The van der Waals surface area contributed by atoms with Gasteiger partial charge in [0, 0.05) is 42.3 Å². The van der Waals surface area contributed by atoms with Crippen molar-refractivity contribution in [3.05, 3.63) is 64.4 Å². The van der Waals surface area contributed by atoms with Gasteiger partial charge in [0.15, 0.2) is 6.61 Å². The molecule has 34 heavy (non-hydrogen) atoms. The van der Waals surface area contributed by atoms with E-state index in [0.717, 1.165) is 5.56 Å². The number of nitrogens with zero attached hydrogens (tertiary/aromatic N) is 2. The van der Waals surface area contributed by atoms with Crippen LogP contribution in [-0.4, -0.2) is 61.0 Å². The first-order valence-corrected chi connectivity index (χ1v) is 12.6. The normalized spacial score (nSPS) is 19.1. The third kappa shape index (κ3) is 6.75. The van der Waals surface area contributed by atoms with Gasteiger partial charge >= 0.3 is 0 Å². The van der Waals surface area contributed by atoms with Crippen molar-refractivity contribution in [1.82, 2.24) is 9.80 Å². The fraction of sp³-hybridized carbons (Fsp3) is 0.391. The number of hydrogen-bond acceptors (Lipinski definition) is 6. The molecule has 1 saturated heterocycles. The minimum absolute atomic E-state index is 0.0729. The van der Waals surface area contributed by atoms with E-state index in [1.165, 1.54) is 30.3 Å². The fourth-order valence-electron chi connectivity index (χ4n) is 3.90. The van der Waals surface area contributed by atoms with Crippen LogP contribution in [0.25, 0.3) is 0 Å². The third-order valence-electron chi connectivity index (χ3n) is 5.76. The van der Waals surface area contributed by atoms with Crippen molar-refractivity contribution < 1.29 is 27.1 Å². The van der Waals surface area contributed by atoms with Crippen LogP contribution in [0.3, 0.4) is 0 Å². The maximum absolute atomic E-state index is 13.2. The molecule has 0 aliphatic carbocycles. The highest BCUT2D eigenvalue weighted by atomic mass is 35.5. The van der Waals surface area contributed by atoms with Gasteiger partial charge < -0.3 is 9.64 Å². The van der Waals surface area contributed by atoms with Crippen molar-refractivity contribution in [1.29, 1.82) is 0 Å². The minimum Gasteiger partial charge on any atom is -0.483 e. The number of rotatable bonds is 7. The molecule has 2 atom stereocenters. The average Bonchev–Trinajstić information content (AvgIpc) is 2.76. The van der Waals surface area contributed by atoms with Crippen LogP contribution in [-0.2, 0) is 32.6 Å². The Bertz CT molecular complexity index is 1160. The van der Waals surface area contributed by atoms with Crippen LogP contribution in [0.2, 0.25) is 5.02 Å². The number of piperazine rings is 1. The molecule has 2 aromatic rings. The molecular formula is C23H27ClFN3O5S. The largest absolute Gasteiger partial charge is 0.483 e. The number of benzene rings is 2. The van der Waals surface area contributed by atoms with Crippen molar-refractivity contribution in [3.8, 4) is 5.75 Å². The first-order chi connectivity index (χ1) is 15.9. The van der Waals surface area contributed by atoms with Crippen molar-refractivity contribution in [3.63, 3.8) is 0 Å². The molecule has 0 saturated carbocycles. The summed E-state index contributed by atoms with van der Waals surface area (Å²) in [5, 5.41) is 4.01. The van der Waals surface area contributed by atoms with Gasteiger partial charge in [-0.3, -0.25) is 14.5 Å². The molecule has 3 rings (SSSR count). The molecular weight excluding hydrogens is 485 g/mol. The number of hydrogen-bond donors (Lipinski definition) is 1. The first-order valence-electron chi connectivity index (χ1n) is 10.7. The molecule has 0 radical (unpaired) electrons. The number of amides is 1. The summed E-state index contributed by atoms with van der Waals surface area (Å²) < 4.78 is 41.4. The van der Waals surface area contributed by atoms with E-state index in [9.17, 15) is 22.4 Å². The lowest BCUT2D eigenvalue weighted by Crippen LogP contribution is -2.58. The molecule has 184 valence electrons. The van der Waals surface area contributed by atoms with E-state index in [-0.39, 0.29) is 46.8 Å². The quantitative estimate of drug-likeness (QED) is 0.611. The summed E-state index contributed by atoms with van der Waals surface area (Å²) in [6.07, 6.45) is -0.515. The van der Waals surface area contributed by atoms with Gasteiger partial charge in [0.05, 0.1) is 6.42 Å². The lowest BCUT2D eigenvalue weighted by molar-refractivity contribution is -0.139. The van der Waals surface area contributed by atoms with Gasteiger partial charge in [-0.15, -0.1) is 0 Å². The standard InChI is InChI=1S/C23H27ClFN3O5S/c1-15-12-28(16(2)11-27(15)13-17-3-6-20(25)7-4-17)22(29)14-33-21-8-5-19(24)9-18(21)10-23(30)34(26,31)32/h3-9,15-16H,10-14H2,1-2H3,(H2,26,31,32). The molecule has 2 unspecified atom stereocenters. The Labute approximate surface area is 203 Å². The second-order valence-electron chi connectivity index (χ2n) is 8.43. The maximum atomic E-state index is 13.2. The van der Waals surface area contributed by atoms with E-state index in [1.807, 2.05) is 13.8 Å². The van der Waals surface area contributed by atoms with Crippen LogP contribution in [0.15, 0.2) is 42.5 Å². The molecule has 1 aliphatic heterocycles. The van der Waals surface area contributed by atoms with Crippen LogP contribution >= 0.6 is 11.6 Å². The predicted octanol–water partition coefficient (Wildman–Crippen LogP) is 2.34. The molecule has 1 fully saturated rings. The van der Waals surface area contributed by atoms with Crippen LogP contribution in [0.5, 0.6) is 5.75 Å². The summed E-state index contributed by atoms with van der Waals surface area (Å²) in [5.41, 5.74) is 1.22. The van der Waals surface area contributed by atoms with Gasteiger partial charge in [-0.05, 0) is 49.7 Å². The Morgan fingerprint density at radius 3 is 2.44 bits per heavy atom. The molecule has 1 aliphatic rings. The van der Waals surface area contributed by atoms with Crippen LogP contribution in [0, 0.1) is 5.82 Å². The SMILES string of the molecule is CC1CN(C(=O)COc2ccc(Cl)cc2CC(=O)S(N)(=O)=O)C(C)CN1Cc1ccc(F)cc1. The highest BCUT2D eigenvalue weighted by Crippen LogP contribution is 2.25. The number of carbonyl (C=O) groups is 2. The topological polar surface area (TPSA) is 110 Å². The highest BCUT2D eigenvalue weighted by Gasteiger charge is 2.32. The molecule has 1 amide bonds. The maximum Gasteiger partial charge on any atom is 0.272 e. The van der Waals surface area contributed by atoms with E-state index in [4.69, 9.17) is 21.5 Å². The summed E-state index contributed by atoms with van der Waals surface area (Å²) >= 11 is 5.97. The molecule has 0 spiro atoms. The number of carbonyl (C=O) groups excluding carboxylic acids is 2. The lowest BCUT2D eigenvalue weighted by atomic mass is 10.1. The van der Waals surface area contributed by atoms with Crippen LogP contribution in [0.4, 0.5) is 4.39 Å². The highest BCUT2D eigenvalue weighted by molar-refractivity contribution is 8.04. The van der Waals surface area contributed by atoms with Gasteiger partial charge in [-0.2, -0.15) is 0 Å². The van der Waals surface area contributed by atoms with Gasteiger partial charge in [0.1, 0.15) is 11.6 Å². The third-order valence-corrected chi connectivity index (χ3v) is 6.77. The smallest absolute Gasteiger partial charge is 0.272 e. The Balaban J connectivity index is 1.62. The molecule has 2 N–H and O–H groups in total. The van der Waals surface area contributed by atoms with Crippen molar-refractivity contribution in [2.24, 2.45) is 5.14 Å². The van der Waals surface area contributed by atoms with Gasteiger partial charge in [0.2, 0.25) is 0 Å². The second-order valence-corrected chi connectivity index (χ2v) is 10.4. The van der Waals surface area contributed by atoms with E-state index in [2.05, 4.69) is 4.90 Å². The summed E-state index contributed by atoms with van der Waals surface area (Å²) in [5.74, 6) is -0.330. The van der Waals surface area contributed by atoms with Gasteiger partial charge in [0.25, 0.3) is 21.0 Å². The molecule has 0 aromatic heterocycles. The zero-order chi connectivity index (χ0) is 25.0. The Morgan fingerprint density at radius 2 is 1.79 bits per heavy atom. The zero-order valence-electron chi connectivity index (χ0n) is 18.9. The van der Waals surface area contributed by atoms with Crippen molar-refractivity contribution >= 4 is 32.6 Å². The van der Waals surface area contributed by atoms with E-state index in [1.54, 1.807) is 17.0 Å². The summed E-state index contributed by atoms with van der Waals surface area (Å²) in [4.78, 5) is 28.7. The lowest BCUT2D eigenvalue weighted by Gasteiger charge is -2.44. The van der Waals surface area contributed by atoms with E-state index >= 15 is 0 Å². The summed E-state index contributed by atoms with van der Waals surface area (Å²) in [6, 6.07) is 10.8.